The van der Waals surface area contributed by atoms with Crippen LogP contribution in [0.3, 0.4) is 0 Å². The molecule has 0 bridgehead atoms. The number of ether oxygens (including phenoxy) is 1. The smallest absolute Gasteiger partial charge is 0.143 e. The Bertz CT molecular complexity index is 1230. The second-order valence-electron chi connectivity index (χ2n) is 8.62. The van der Waals surface area contributed by atoms with Gasteiger partial charge >= 0.3 is 0 Å². The van der Waals surface area contributed by atoms with Crippen LogP contribution in [0, 0.1) is 13.8 Å². The lowest BCUT2D eigenvalue weighted by Gasteiger charge is -2.30. The third kappa shape index (κ3) is 3.70. The van der Waals surface area contributed by atoms with Gasteiger partial charge in [-0.05, 0) is 51.2 Å². The number of anilines is 1. The van der Waals surface area contributed by atoms with E-state index in [0.717, 1.165) is 70.7 Å². The topological polar surface area (TPSA) is 82.7 Å². The minimum atomic E-state index is 0.210. The standard InChI is InChI=1S/C24H29N7O/c1-15-9-10-26-16(2)24(15)32-19-7-5-18(6-8-19)31-21-11-22(25-3)27-13-20(21)23(29-31)17-12-28-30(4)14-17/h9-14,18-19H,5-8H2,1-4H3,(H,25,27). The minimum absolute atomic E-state index is 0.210. The van der Waals surface area contributed by atoms with Gasteiger partial charge in [0.2, 0.25) is 0 Å². The fourth-order valence-electron chi connectivity index (χ4n) is 4.64. The molecule has 0 atom stereocenters. The molecule has 0 amide bonds. The molecule has 0 spiro atoms. The van der Waals surface area contributed by atoms with Gasteiger partial charge < -0.3 is 10.1 Å². The van der Waals surface area contributed by atoms with Crippen LogP contribution in [0.5, 0.6) is 5.75 Å². The molecule has 0 radical (unpaired) electrons. The molecule has 0 saturated heterocycles. The van der Waals surface area contributed by atoms with Gasteiger partial charge in [0.15, 0.2) is 0 Å². The van der Waals surface area contributed by atoms with Gasteiger partial charge in [0.1, 0.15) is 17.3 Å². The van der Waals surface area contributed by atoms with E-state index in [2.05, 4.69) is 38.1 Å². The molecule has 1 aliphatic carbocycles. The predicted molar refractivity (Wildman–Crippen MR) is 125 cm³/mol. The molecule has 4 aromatic heterocycles. The van der Waals surface area contributed by atoms with E-state index in [0.29, 0.717) is 6.04 Å². The summed E-state index contributed by atoms with van der Waals surface area (Å²) >= 11 is 0. The van der Waals surface area contributed by atoms with Crippen molar-refractivity contribution in [1.82, 2.24) is 29.5 Å². The monoisotopic (exact) mass is 431 g/mol. The van der Waals surface area contributed by atoms with Gasteiger partial charge in [-0.25, -0.2) is 4.98 Å². The quantitative estimate of drug-likeness (QED) is 0.503. The Balaban J connectivity index is 1.41. The van der Waals surface area contributed by atoms with Gasteiger partial charge in [-0.1, -0.05) is 0 Å². The highest BCUT2D eigenvalue weighted by Crippen LogP contribution is 2.37. The van der Waals surface area contributed by atoms with Gasteiger partial charge in [-0.3, -0.25) is 14.3 Å². The van der Waals surface area contributed by atoms with E-state index in [-0.39, 0.29) is 6.10 Å². The van der Waals surface area contributed by atoms with E-state index in [1.165, 1.54) is 0 Å². The second-order valence-corrected chi connectivity index (χ2v) is 8.62. The maximum Gasteiger partial charge on any atom is 0.143 e. The maximum atomic E-state index is 6.38. The van der Waals surface area contributed by atoms with Crippen LogP contribution < -0.4 is 10.1 Å². The van der Waals surface area contributed by atoms with E-state index >= 15 is 0 Å². The SMILES string of the molecule is CNc1cc2c(cn1)c(-c1cnn(C)c1)nn2C1CCC(Oc2c(C)ccnc2C)CC1. The Morgan fingerprint density at radius 3 is 2.59 bits per heavy atom. The van der Waals surface area contributed by atoms with Crippen molar-refractivity contribution in [3.63, 3.8) is 0 Å². The summed E-state index contributed by atoms with van der Waals surface area (Å²) in [6.45, 7) is 4.09. The number of fused-ring (bicyclic) bond motifs is 1. The van der Waals surface area contributed by atoms with E-state index in [4.69, 9.17) is 9.84 Å². The van der Waals surface area contributed by atoms with E-state index in [9.17, 15) is 0 Å². The zero-order chi connectivity index (χ0) is 22.2. The summed E-state index contributed by atoms with van der Waals surface area (Å²) in [7, 11) is 3.81. The Morgan fingerprint density at radius 2 is 1.91 bits per heavy atom. The first kappa shape index (κ1) is 20.5. The summed E-state index contributed by atoms with van der Waals surface area (Å²) in [5, 5.41) is 13.6. The molecule has 1 N–H and O–H groups in total. The molecule has 4 heterocycles. The summed E-state index contributed by atoms with van der Waals surface area (Å²) in [5.41, 5.74) is 5.15. The summed E-state index contributed by atoms with van der Waals surface area (Å²) < 4.78 is 10.4. The fourth-order valence-corrected chi connectivity index (χ4v) is 4.64. The van der Waals surface area contributed by atoms with Crippen LogP contribution >= 0.6 is 0 Å². The summed E-state index contributed by atoms with van der Waals surface area (Å²) in [6.07, 6.45) is 11.8. The number of aryl methyl sites for hydroxylation is 3. The molecular formula is C24H29N7O. The molecule has 32 heavy (non-hydrogen) atoms. The molecule has 5 rings (SSSR count). The van der Waals surface area contributed by atoms with Crippen LogP contribution in [0.2, 0.25) is 0 Å². The second kappa shape index (κ2) is 8.26. The van der Waals surface area contributed by atoms with Crippen molar-refractivity contribution < 1.29 is 4.74 Å². The van der Waals surface area contributed by atoms with Gasteiger partial charge in [-0.15, -0.1) is 0 Å². The third-order valence-electron chi connectivity index (χ3n) is 6.38. The molecule has 0 aromatic carbocycles. The first-order valence-electron chi connectivity index (χ1n) is 11.2. The normalized spacial score (nSPS) is 18.8. The van der Waals surface area contributed by atoms with Crippen LogP contribution in [0.4, 0.5) is 5.82 Å². The number of rotatable bonds is 5. The van der Waals surface area contributed by atoms with E-state index in [1.54, 1.807) is 4.68 Å². The average molecular weight is 432 g/mol. The highest BCUT2D eigenvalue weighted by atomic mass is 16.5. The number of aromatic nitrogens is 6. The van der Waals surface area contributed by atoms with Crippen LogP contribution in [-0.2, 0) is 7.05 Å². The molecule has 8 nitrogen and oxygen atoms in total. The zero-order valence-corrected chi connectivity index (χ0v) is 19.0. The number of nitrogens with one attached hydrogen (secondary N) is 1. The Morgan fingerprint density at radius 1 is 1.09 bits per heavy atom. The van der Waals surface area contributed by atoms with Crippen molar-refractivity contribution in [1.29, 1.82) is 0 Å². The molecular weight excluding hydrogens is 402 g/mol. The molecule has 0 aliphatic heterocycles. The maximum absolute atomic E-state index is 6.38. The lowest BCUT2D eigenvalue weighted by Crippen LogP contribution is -2.26. The molecule has 4 aromatic rings. The van der Waals surface area contributed by atoms with Crippen molar-refractivity contribution in [3.05, 3.63) is 48.2 Å². The minimum Gasteiger partial charge on any atom is -0.488 e. The van der Waals surface area contributed by atoms with Crippen molar-refractivity contribution in [2.75, 3.05) is 12.4 Å². The Labute approximate surface area is 187 Å². The average Bonchev–Trinajstić information content (AvgIpc) is 3.40. The number of hydrogen-bond acceptors (Lipinski definition) is 6. The van der Waals surface area contributed by atoms with Gasteiger partial charge in [0, 0.05) is 49.7 Å². The van der Waals surface area contributed by atoms with Crippen LogP contribution in [0.15, 0.2) is 36.9 Å². The number of pyridine rings is 2. The van der Waals surface area contributed by atoms with Crippen molar-refractivity contribution in [3.8, 4) is 17.0 Å². The molecule has 8 heteroatoms. The molecule has 1 fully saturated rings. The highest BCUT2D eigenvalue weighted by Gasteiger charge is 2.27. The number of nitrogens with zero attached hydrogens (tertiary/aromatic N) is 6. The summed E-state index contributed by atoms with van der Waals surface area (Å²) in [5.74, 6) is 1.78. The summed E-state index contributed by atoms with van der Waals surface area (Å²) in [6, 6.07) is 4.43. The van der Waals surface area contributed by atoms with Crippen LogP contribution in [0.25, 0.3) is 22.2 Å². The predicted octanol–water partition coefficient (Wildman–Crippen LogP) is 4.45. The van der Waals surface area contributed by atoms with Crippen molar-refractivity contribution in [2.24, 2.45) is 7.05 Å². The van der Waals surface area contributed by atoms with E-state index < -0.39 is 0 Å². The first-order chi connectivity index (χ1) is 15.5. The largest absolute Gasteiger partial charge is 0.488 e. The molecule has 166 valence electrons. The van der Waals surface area contributed by atoms with Crippen LogP contribution in [0.1, 0.15) is 43.0 Å². The van der Waals surface area contributed by atoms with Crippen molar-refractivity contribution in [2.45, 2.75) is 51.7 Å². The van der Waals surface area contributed by atoms with Crippen molar-refractivity contribution >= 4 is 16.7 Å². The zero-order valence-electron chi connectivity index (χ0n) is 19.0. The molecule has 0 unspecified atom stereocenters. The molecule has 1 saturated carbocycles. The van der Waals surface area contributed by atoms with Crippen LogP contribution in [-0.4, -0.2) is 42.7 Å². The third-order valence-corrected chi connectivity index (χ3v) is 6.38. The molecule has 1 aliphatic rings. The van der Waals surface area contributed by atoms with Gasteiger partial charge in [0.05, 0.1) is 29.6 Å². The van der Waals surface area contributed by atoms with Gasteiger partial charge in [0.25, 0.3) is 0 Å². The summed E-state index contributed by atoms with van der Waals surface area (Å²) in [4.78, 5) is 8.93. The Kier molecular flexibility index (Phi) is 5.28. The lowest BCUT2D eigenvalue weighted by atomic mass is 9.93. The fraction of sp³-hybridized carbons (Fsp3) is 0.417. The first-order valence-corrected chi connectivity index (χ1v) is 11.2. The Hall–Kier alpha value is -3.42. The highest BCUT2D eigenvalue weighted by molar-refractivity contribution is 5.93. The van der Waals surface area contributed by atoms with Gasteiger partial charge in [-0.2, -0.15) is 10.2 Å². The number of hydrogen-bond donors (Lipinski definition) is 1. The van der Waals surface area contributed by atoms with E-state index in [1.807, 2.05) is 51.9 Å². The lowest BCUT2D eigenvalue weighted by molar-refractivity contribution is 0.129.